The highest BCUT2D eigenvalue weighted by Gasteiger charge is 2.34. The van der Waals surface area contributed by atoms with E-state index in [0.29, 0.717) is 61.8 Å². The third kappa shape index (κ3) is 4.93. The number of allylic oxidation sites excluding steroid dienone is 3. The molecular weight excluding hydrogens is 420 g/mol. The van der Waals surface area contributed by atoms with Crippen molar-refractivity contribution in [2.24, 2.45) is 0 Å². The molecule has 2 heterocycles. The van der Waals surface area contributed by atoms with Crippen LogP contribution < -0.4 is 4.74 Å². The van der Waals surface area contributed by atoms with Crippen LogP contribution >= 0.6 is 0 Å². The maximum Gasteiger partial charge on any atom is 0.409 e. The number of aromatic hydroxyl groups is 1. The molecule has 2 aliphatic rings. The van der Waals surface area contributed by atoms with Crippen molar-refractivity contribution in [1.29, 1.82) is 0 Å². The highest BCUT2D eigenvalue weighted by molar-refractivity contribution is 6.14. The largest absolute Gasteiger partial charge is 0.507 e. The Kier molecular flexibility index (Phi) is 6.79. The Balaban J connectivity index is 1.50. The topological polar surface area (TPSA) is 79.3 Å². The van der Waals surface area contributed by atoms with E-state index >= 15 is 0 Å². The molecule has 1 saturated heterocycles. The van der Waals surface area contributed by atoms with Crippen LogP contribution in [0.1, 0.15) is 34.0 Å². The fourth-order valence-corrected chi connectivity index (χ4v) is 4.09. The standard InChI is InChI=1S/C26H28N2O5/c1-3-32-26(31)28-14-12-27(13-15-28)17-20-21(29)16-18(2)23-24(30)22(33-25(20)23)11-7-10-19-8-5-4-6-9-19/h4-11,16,29H,3,12-15,17H2,1-2H3/b10-7+,22-11-. The van der Waals surface area contributed by atoms with Crippen LogP contribution in [0.5, 0.6) is 11.5 Å². The van der Waals surface area contributed by atoms with Crippen molar-refractivity contribution < 1.29 is 24.2 Å². The summed E-state index contributed by atoms with van der Waals surface area (Å²) in [5, 5.41) is 10.7. The molecule has 4 rings (SSSR count). The number of fused-ring (bicyclic) bond motifs is 1. The lowest BCUT2D eigenvalue weighted by molar-refractivity contribution is 0.0774. The van der Waals surface area contributed by atoms with Gasteiger partial charge >= 0.3 is 6.09 Å². The van der Waals surface area contributed by atoms with Crippen LogP contribution in [0.15, 0.2) is 54.3 Å². The van der Waals surface area contributed by atoms with E-state index in [4.69, 9.17) is 9.47 Å². The Hall–Kier alpha value is -3.58. The van der Waals surface area contributed by atoms with Crippen molar-refractivity contribution in [3.05, 3.63) is 76.6 Å². The SMILES string of the molecule is CCOC(=O)N1CCN(Cc2c(O)cc(C)c3c2O/C(=C\C=C\c2ccccc2)C3=O)CC1. The Morgan fingerprint density at radius 3 is 2.61 bits per heavy atom. The van der Waals surface area contributed by atoms with E-state index in [0.717, 1.165) is 5.56 Å². The highest BCUT2D eigenvalue weighted by Crippen LogP contribution is 2.42. The molecule has 0 unspecified atom stereocenters. The van der Waals surface area contributed by atoms with Crippen LogP contribution in [0.25, 0.3) is 6.08 Å². The second-order valence-corrected chi connectivity index (χ2v) is 8.09. The van der Waals surface area contributed by atoms with Gasteiger partial charge in [0.25, 0.3) is 0 Å². The van der Waals surface area contributed by atoms with Crippen molar-refractivity contribution in [2.75, 3.05) is 32.8 Å². The molecule has 0 bridgehead atoms. The maximum atomic E-state index is 13.0. The summed E-state index contributed by atoms with van der Waals surface area (Å²) in [5.74, 6) is 0.575. The molecule has 7 heteroatoms. The number of ether oxygens (including phenoxy) is 2. The Labute approximate surface area is 193 Å². The lowest BCUT2D eigenvalue weighted by atomic mass is 9.99. The number of nitrogens with zero attached hydrogens (tertiary/aromatic N) is 2. The van der Waals surface area contributed by atoms with Gasteiger partial charge in [0.15, 0.2) is 5.76 Å². The number of Topliss-reactive ketones (excluding diaryl/α,β-unsaturated/α-hetero) is 1. The minimum Gasteiger partial charge on any atom is -0.507 e. The number of aryl methyl sites for hydroxylation is 1. The number of carbonyl (C=O) groups excluding carboxylic acids is 2. The van der Waals surface area contributed by atoms with Gasteiger partial charge in [-0.3, -0.25) is 9.69 Å². The predicted molar refractivity (Wildman–Crippen MR) is 125 cm³/mol. The molecular formula is C26H28N2O5. The first kappa shape index (κ1) is 22.6. The molecule has 0 radical (unpaired) electrons. The average molecular weight is 449 g/mol. The number of carbonyl (C=O) groups is 2. The number of hydrogen-bond acceptors (Lipinski definition) is 6. The van der Waals surface area contributed by atoms with Gasteiger partial charge < -0.3 is 19.5 Å². The molecule has 0 spiro atoms. The van der Waals surface area contributed by atoms with E-state index in [9.17, 15) is 14.7 Å². The van der Waals surface area contributed by atoms with Crippen LogP contribution in [0.4, 0.5) is 4.79 Å². The molecule has 0 aromatic heterocycles. The first-order valence-corrected chi connectivity index (χ1v) is 11.1. The smallest absolute Gasteiger partial charge is 0.409 e. The number of phenolic OH excluding ortho intramolecular Hbond substituents is 1. The summed E-state index contributed by atoms with van der Waals surface area (Å²) >= 11 is 0. The monoisotopic (exact) mass is 448 g/mol. The Morgan fingerprint density at radius 2 is 1.91 bits per heavy atom. The van der Waals surface area contributed by atoms with Crippen LogP contribution in [0, 0.1) is 6.92 Å². The molecule has 2 aromatic rings. The van der Waals surface area contributed by atoms with Crippen LogP contribution in [0.3, 0.4) is 0 Å². The van der Waals surface area contributed by atoms with E-state index in [1.807, 2.05) is 36.4 Å². The van der Waals surface area contributed by atoms with Gasteiger partial charge in [-0.05, 0) is 37.1 Å². The van der Waals surface area contributed by atoms with E-state index in [1.54, 1.807) is 37.0 Å². The number of phenols is 1. The minimum atomic E-state index is -0.302. The number of hydrogen-bond donors (Lipinski definition) is 1. The second kappa shape index (κ2) is 9.92. The van der Waals surface area contributed by atoms with Gasteiger partial charge in [-0.1, -0.05) is 42.5 Å². The fourth-order valence-electron chi connectivity index (χ4n) is 4.09. The lowest BCUT2D eigenvalue weighted by Gasteiger charge is -2.34. The summed E-state index contributed by atoms with van der Waals surface area (Å²) in [7, 11) is 0. The molecule has 1 amide bonds. The Morgan fingerprint density at radius 1 is 1.18 bits per heavy atom. The third-order valence-corrected chi connectivity index (χ3v) is 5.84. The van der Waals surface area contributed by atoms with Crippen molar-refractivity contribution in [3.8, 4) is 11.5 Å². The summed E-state index contributed by atoms with van der Waals surface area (Å²) in [6, 6.07) is 11.4. The maximum absolute atomic E-state index is 13.0. The van der Waals surface area contributed by atoms with E-state index in [2.05, 4.69) is 4.90 Å². The van der Waals surface area contributed by atoms with Crippen LogP contribution in [-0.4, -0.2) is 59.6 Å². The van der Waals surface area contributed by atoms with Gasteiger partial charge in [0.1, 0.15) is 11.5 Å². The molecule has 2 aliphatic heterocycles. The summed E-state index contributed by atoms with van der Waals surface area (Å²) in [4.78, 5) is 28.8. The van der Waals surface area contributed by atoms with Gasteiger partial charge in [-0.2, -0.15) is 0 Å². The predicted octanol–water partition coefficient (Wildman–Crippen LogP) is 4.15. The quantitative estimate of drug-likeness (QED) is 0.693. The third-order valence-electron chi connectivity index (χ3n) is 5.84. The first-order valence-electron chi connectivity index (χ1n) is 11.1. The second-order valence-electron chi connectivity index (χ2n) is 8.09. The summed E-state index contributed by atoms with van der Waals surface area (Å²) in [6.07, 6.45) is 5.05. The number of amides is 1. The number of ketones is 1. The van der Waals surface area contributed by atoms with Crippen LogP contribution in [0.2, 0.25) is 0 Å². The van der Waals surface area contributed by atoms with Crippen molar-refractivity contribution in [2.45, 2.75) is 20.4 Å². The minimum absolute atomic E-state index is 0.105. The fraction of sp³-hybridized carbons (Fsp3) is 0.308. The van der Waals surface area contributed by atoms with Crippen molar-refractivity contribution in [3.63, 3.8) is 0 Å². The molecule has 172 valence electrons. The number of piperazine rings is 1. The van der Waals surface area contributed by atoms with Gasteiger partial charge in [0.2, 0.25) is 5.78 Å². The summed E-state index contributed by atoms with van der Waals surface area (Å²) in [6.45, 7) is 6.72. The van der Waals surface area contributed by atoms with Crippen LogP contribution in [-0.2, 0) is 11.3 Å². The summed E-state index contributed by atoms with van der Waals surface area (Å²) < 4.78 is 11.0. The number of rotatable bonds is 5. The zero-order valence-electron chi connectivity index (χ0n) is 18.9. The number of benzene rings is 2. The van der Waals surface area contributed by atoms with E-state index in [-0.39, 0.29) is 23.4 Å². The highest BCUT2D eigenvalue weighted by atomic mass is 16.6. The molecule has 0 atom stereocenters. The molecule has 1 fully saturated rings. The molecule has 0 saturated carbocycles. The normalized spacial score (nSPS) is 17.5. The molecule has 33 heavy (non-hydrogen) atoms. The zero-order valence-corrected chi connectivity index (χ0v) is 18.9. The van der Waals surface area contributed by atoms with Crippen molar-refractivity contribution >= 4 is 18.0 Å². The van der Waals surface area contributed by atoms with E-state index < -0.39 is 0 Å². The van der Waals surface area contributed by atoms with E-state index in [1.165, 1.54) is 0 Å². The molecule has 1 N–H and O–H groups in total. The molecule has 0 aliphatic carbocycles. The first-order chi connectivity index (χ1) is 16.0. The Bertz CT molecular complexity index is 1100. The van der Waals surface area contributed by atoms with Gasteiger partial charge in [0, 0.05) is 32.7 Å². The molecule has 2 aromatic carbocycles. The average Bonchev–Trinajstić information content (AvgIpc) is 3.14. The van der Waals surface area contributed by atoms with Gasteiger partial charge in [0.05, 0.1) is 17.7 Å². The van der Waals surface area contributed by atoms with Gasteiger partial charge in [-0.15, -0.1) is 0 Å². The lowest BCUT2D eigenvalue weighted by Crippen LogP contribution is -2.48. The molecule has 7 nitrogen and oxygen atoms in total. The van der Waals surface area contributed by atoms with Crippen molar-refractivity contribution in [1.82, 2.24) is 9.80 Å². The zero-order chi connectivity index (χ0) is 23.4. The summed E-state index contributed by atoms with van der Waals surface area (Å²) in [5.41, 5.74) is 2.78. The van der Waals surface area contributed by atoms with Gasteiger partial charge in [-0.25, -0.2) is 4.79 Å².